The number of oxime groups is 1. The molecule has 0 aliphatic rings. The Hall–Kier alpha value is -1.59. The number of amidine groups is 1. The molecule has 0 saturated carbocycles. The maximum Gasteiger partial charge on any atom is 0.170 e. The molecule has 0 unspecified atom stereocenters. The molecule has 0 radical (unpaired) electrons. The molecule has 0 heterocycles. The van der Waals surface area contributed by atoms with Gasteiger partial charge in [0.05, 0.1) is 0 Å². The van der Waals surface area contributed by atoms with E-state index in [-0.39, 0.29) is 11.4 Å². The van der Waals surface area contributed by atoms with E-state index < -0.39 is 0 Å². The highest BCUT2D eigenvalue weighted by Crippen LogP contribution is 2.12. The van der Waals surface area contributed by atoms with E-state index in [1.54, 1.807) is 0 Å². The van der Waals surface area contributed by atoms with Crippen molar-refractivity contribution in [1.82, 2.24) is 10.2 Å². The van der Waals surface area contributed by atoms with E-state index in [4.69, 9.17) is 10.9 Å². The average molecular weight is 278 g/mol. The Balaban J connectivity index is 2.66. The van der Waals surface area contributed by atoms with Crippen molar-refractivity contribution < 1.29 is 5.21 Å². The van der Waals surface area contributed by atoms with Crippen LogP contribution >= 0.6 is 0 Å². The molecule has 4 N–H and O–H groups in total. The summed E-state index contributed by atoms with van der Waals surface area (Å²) in [6.45, 7) is 8.14. The maximum absolute atomic E-state index is 8.68. The Bertz CT molecular complexity index is 481. The van der Waals surface area contributed by atoms with Crippen LogP contribution in [0.4, 0.5) is 0 Å². The van der Waals surface area contributed by atoms with Crippen LogP contribution in [-0.4, -0.2) is 42.1 Å². The molecule has 0 spiro atoms. The van der Waals surface area contributed by atoms with E-state index >= 15 is 0 Å². The minimum absolute atomic E-state index is 0.113. The van der Waals surface area contributed by atoms with Gasteiger partial charge in [0.15, 0.2) is 5.84 Å². The van der Waals surface area contributed by atoms with Gasteiger partial charge in [-0.25, -0.2) is 0 Å². The normalized spacial score (nSPS) is 13.0. The van der Waals surface area contributed by atoms with E-state index in [0.717, 1.165) is 24.2 Å². The van der Waals surface area contributed by atoms with Gasteiger partial charge in [0, 0.05) is 24.2 Å². The first-order valence-electron chi connectivity index (χ1n) is 6.73. The number of aryl methyl sites for hydroxylation is 1. The minimum atomic E-state index is 0.113. The van der Waals surface area contributed by atoms with Crippen molar-refractivity contribution in [3.05, 3.63) is 34.9 Å². The summed E-state index contributed by atoms with van der Waals surface area (Å²) in [6, 6.07) is 5.82. The third kappa shape index (κ3) is 4.21. The zero-order valence-electron chi connectivity index (χ0n) is 13.1. The molecule has 1 rings (SSSR count). The maximum atomic E-state index is 8.68. The molecule has 0 saturated heterocycles. The molecule has 1 aromatic rings. The van der Waals surface area contributed by atoms with Crippen LogP contribution in [-0.2, 0) is 6.54 Å². The summed E-state index contributed by atoms with van der Waals surface area (Å²) in [6.07, 6.45) is 0. The van der Waals surface area contributed by atoms with Crippen LogP contribution in [0, 0.1) is 6.92 Å². The SMILES string of the molecule is Cc1cc(/C(N)=N/O)ccc1CNCC(C)(C)N(C)C. The van der Waals surface area contributed by atoms with Gasteiger partial charge in [0.25, 0.3) is 0 Å². The predicted octanol–water partition coefficient (Wildman–Crippen LogP) is 1.52. The van der Waals surface area contributed by atoms with Crippen molar-refractivity contribution in [3.63, 3.8) is 0 Å². The number of nitrogens with one attached hydrogen (secondary N) is 1. The van der Waals surface area contributed by atoms with Crippen molar-refractivity contribution in [3.8, 4) is 0 Å². The summed E-state index contributed by atoms with van der Waals surface area (Å²) in [7, 11) is 4.16. The first-order chi connectivity index (χ1) is 9.27. The Morgan fingerprint density at radius 2 is 2.05 bits per heavy atom. The molecule has 5 nitrogen and oxygen atoms in total. The smallest absolute Gasteiger partial charge is 0.170 e. The highest BCUT2D eigenvalue weighted by molar-refractivity contribution is 5.97. The highest BCUT2D eigenvalue weighted by Gasteiger charge is 2.19. The number of hydrogen-bond acceptors (Lipinski definition) is 4. The molecule has 0 aromatic heterocycles. The highest BCUT2D eigenvalue weighted by atomic mass is 16.4. The van der Waals surface area contributed by atoms with Gasteiger partial charge >= 0.3 is 0 Å². The predicted molar refractivity (Wildman–Crippen MR) is 83.2 cm³/mol. The number of rotatable bonds is 6. The summed E-state index contributed by atoms with van der Waals surface area (Å²) >= 11 is 0. The lowest BCUT2D eigenvalue weighted by molar-refractivity contribution is 0.189. The van der Waals surface area contributed by atoms with Gasteiger partial charge in [-0.3, -0.25) is 0 Å². The molecular formula is C15H26N4O. The second-order valence-electron chi connectivity index (χ2n) is 5.94. The van der Waals surface area contributed by atoms with E-state index in [0.29, 0.717) is 0 Å². The topological polar surface area (TPSA) is 73.9 Å². The van der Waals surface area contributed by atoms with Crippen LogP contribution in [0.1, 0.15) is 30.5 Å². The lowest BCUT2D eigenvalue weighted by atomic mass is 10.0. The summed E-state index contributed by atoms with van der Waals surface area (Å²) in [5.41, 5.74) is 8.78. The minimum Gasteiger partial charge on any atom is -0.409 e. The Morgan fingerprint density at radius 1 is 1.40 bits per heavy atom. The summed E-state index contributed by atoms with van der Waals surface area (Å²) in [4.78, 5) is 2.20. The average Bonchev–Trinajstić information content (AvgIpc) is 2.39. The zero-order valence-corrected chi connectivity index (χ0v) is 13.1. The number of benzene rings is 1. The first-order valence-corrected chi connectivity index (χ1v) is 6.73. The lowest BCUT2D eigenvalue weighted by Crippen LogP contribution is -2.46. The van der Waals surface area contributed by atoms with Crippen LogP contribution in [0.15, 0.2) is 23.4 Å². The molecule has 5 heteroatoms. The van der Waals surface area contributed by atoms with Crippen LogP contribution in [0.25, 0.3) is 0 Å². The lowest BCUT2D eigenvalue weighted by Gasteiger charge is -2.32. The Morgan fingerprint density at radius 3 is 2.55 bits per heavy atom. The molecule has 0 aliphatic carbocycles. The molecule has 0 aliphatic heterocycles. The van der Waals surface area contributed by atoms with Crippen molar-refractivity contribution in [1.29, 1.82) is 0 Å². The summed E-state index contributed by atoms with van der Waals surface area (Å²) in [5.74, 6) is 0.140. The third-order valence-electron chi connectivity index (χ3n) is 3.83. The van der Waals surface area contributed by atoms with Gasteiger partial charge in [-0.1, -0.05) is 17.3 Å². The molecular weight excluding hydrogens is 252 g/mol. The van der Waals surface area contributed by atoms with Gasteiger partial charge in [-0.05, 0) is 52.1 Å². The number of nitrogens with zero attached hydrogens (tertiary/aromatic N) is 2. The van der Waals surface area contributed by atoms with Crippen LogP contribution < -0.4 is 11.1 Å². The third-order valence-corrected chi connectivity index (χ3v) is 3.83. The van der Waals surface area contributed by atoms with E-state index in [1.165, 1.54) is 5.56 Å². The summed E-state index contributed by atoms with van der Waals surface area (Å²) in [5, 5.41) is 15.2. The molecule has 0 bridgehead atoms. The molecule has 0 amide bonds. The zero-order chi connectivity index (χ0) is 15.3. The van der Waals surface area contributed by atoms with Gasteiger partial charge in [-0.15, -0.1) is 0 Å². The largest absolute Gasteiger partial charge is 0.409 e. The standard InChI is InChI=1S/C15H26N4O/c1-11-8-12(14(16)18-20)6-7-13(11)9-17-10-15(2,3)19(4)5/h6-8,17,20H,9-10H2,1-5H3,(H2,16,18). The number of nitrogens with two attached hydrogens (primary N) is 1. The fourth-order valence-corrected chi connectivity index (χ4v) is 1.77. The van der Waals surface area contributed by atoms with E-state index in [2.05, 4.69) is 43.3 Å². The number of hydrogen-bond donors (Lipinski definition) is 3. The molecule has 20 heavy (non-hydrogen) atoms. The van der Waals surface area contributed by atoms with Crippen LogP contribution in [0.3, 0.4) is 0 Å². The van der Waals surface area contributed by atoms with Crippen molar-refractivity contribution >= 4 is 5.84 Å². The monoisotopic (exact) mass is 278 g/mol. The Labute approximate surface area is 121 Å². The molecule has 1 aromatic carbocycles. The van der Waals surface area contributed by atoms with Crippen molar-refractivity contribution in [2.24, 2.45) is 10.9 Å². The first kappa shape index (κ1) is 16.5. The van der Waals surface area contributed by atoms with Crippen molar-refractivity contribution in [2.75, 3.05) is 20.6 Å². The van der Waals surface area contributed by atoms with Gasteiger partial charge in [0.1, 0.15) is 0 Å². The second kappa shape index (κ2) is 6.72. The fourth-order valence-electron chi connectivity index (χ4n) is 1.77. The van der Waals surface area contributed by atoms with Gasteiger partial charge < -0.3 is 21.2 Å². The molecule has 0 atom stereocenters. The van der Waals surface area contributed by atoms with Crippen molar-refractivity contribution in [2.45, 2.75) is 32.9 Å². The van der Waals surface area contributed by atoms with Gasteiger partial charge in [-0.2, -0.15) is 0 Å². The van der Waals surface area contributed by atoms with E-state index in [1.807, 2.05) is 25.1 Å². The fraction of sp³-hybridized carbons (Fsp3) is 0.533. The van der Waals surface area contributed by atoms with Gasteiger partial charge in [0.2, 0.25) is 0 Å². The quantitative estimate of drug-likeness (QED) is 0.319. The molecule has 112 valence electrons. The Kier molecular flexibility index (Phi) is 5.53. The van der Waals surface area contributed by atoms with Crippen LogP contribution in [0.5, 0.6) is 0 Å². The second-order valence-corrected chi connectivity index (χ2v) is 5.94. The number of likely N-dealkylation sites (N-methyl/N-ethyl adjacent to an activating group) is 1. The summed E-state index contributed by atoms with van der Waals surface area (Å²) < 4.78 is 0. The van der Waals surface area contributed by atoms with E-state index in [9.17, 15) is 0 Å². The van der Waals surface area contributed by atoms with Crippen LogP contribution in [0.2, 0.25) is 0 Å². The molecule has 0 fully saturated rings.